The number of carboxylic acid groups (broad SMARTS) is 1. The highest BCUT2D eigenvalue weighted by molar-refractivity contribution is 7.16. The van der Waals surface area contributed by atoms with Crippen molar-refractivity contribution in [1.82, 2.24) is 4.98 Å². The molecule has 0 amide bonds. The van der Waals surface area contributed by atoms with E-state index in [1.54, 1.807) is 43.5 Å². The number of aromatic nitrogens is 1. The summed E-state index contributed by atoms with van der Waals surface area (Å²) in [7, 11) is 3.09. The maximum atomic E-state index is 11.3. The van der Waals surface area contributed by atoms with Crippen LogP contribution in [0, 0.1) is 0 Å². The van der Waals surface area contributed by atoms with Crippen molar-refractivity contribution in [3.63, 3.8) is 0 Å². The molecule has 0 bridgehead atoms. The number of nitrogens with one attached hydrogen (secondary N) is 1. The van der Waals surface area contributed by atoms with Crippen LogP contribution in [0.5, 0.6) is 11.5 Å². The first-order valence-corrected chi connectivity index (χ1v) is 9.65. The lowest BCUT2D eigenvalue weighted by Gasteiger charge is -2.10. The van der Waals surface area contributed by atoms with E-state index in [0.29, 0.717) is 48.5 Å². The largest absolute Gasteiger partial charge is 0.497 e. The van der Waals surface area contributed by atoms with Crippen molar-refractivity contribution in [2.45, 2.75) is 6.42 Å². The van der Waals surface area contributed by atoms with E-state index in [-0.39, 0.29) is 6.42 Å². The summed E-state index contributed by atoms with van der Waals surface area (Å²) < 4.78 is 10.7. The van der Waals surface area contributed by atoms with Crippen molar-refractivity contribution in [3.8, 4) is 22.8 Å². The van der Waals surface area contributed by atoms with Gasteiger partial charge in [-0.05, 0) is 24.3 Å². The molecule has 0 spiro atoms. The van der Waals surface area contributed by atoms with Crippen LogP contribution in [0.4, 0.5) is 10.8 Å². The molecule has 0 unspecified atom stereocenters. The molecule has 0 aliphatic heterocycles. The van der Waals surface area contributed by atoms with E-state index in [4.69, 9.17) is 32.7 Å². The van der Waals surface area contributed by atoms with Gasteiger partial charge in [0.15, 0.2) is 5.13 Å². The molecule has 3 aromatic rings. The highest BCUT2D eigenvalue weighted by Gasteiger charge is 2.20. The molecule has 6 nitrogen and oxygen atoms in total. The van der Waals surface area contributed by atoms with Gasteiger partial charge < -0.3 is 19.9 Å². The molecule has 2 aromatic carbocycles. The third kappa shape index (κ3) is 4.32. The van der Waals surface area contributed by atoms with Crippen molar-refractivity contribution in [2.75, 3.05) is 19.5 Å². The Morgan fingerprint density at radius 3 is 2.68 bits per heavy atom. The minimum atomic E-state index is -0.954. The highest BCUT2D eigenvalue weighted by Crippen LogP contribution is 2.40. The van der Waals surface area contributed by atoms with Crippen LogP contribution in [0.15, 0.2) is 36.4 Å². The molecule has 0 atom stereocenters. The molecule has 0 fully saturated rings. The van der Waals surface area contributed by atoms with E-state index in [2.05, 4.69) is 10.3 Å². The summed E-state index contributed by atoms with van der Waals surface area (Å²) in [5.74, 6) is 0.202. The molecule has 0 saturated carbocycles. The zero-order valence-electron chi connectivity index (χ0n) is 15.0. The fourth-order valence-corrected chi connectivity index (χ4v) is 3.91. The zero-order valence-corrected chi connectivity index (χ0v) is 17.3. The van der Waals surface area contributed by atoms with Crippen LogP contribution in [-0.4, -0.2) is 30.3 Å². The van der Waals surface area contributed by atoms with Gasteiger partial charge in [0.1, 0.15) is 11.5 Å². The van der Waals surface area contributed by atoms with Gasteiger partial charge in [-0.2, -0.15) is 0 Å². The minimum Gasteiger partial charge on any atom is -0.497 e. The Kier molecular flexibility index (Phi) is 6.28. The van der Waals surface area contributed by atoms with Gasteiger partial charge in [-0.1, -0.05) is 29.3 Å². The number of aliphatic carboxylic acids is 1. The number of methoxy groups -OCH3 is 2. The number of ether oxygens (including phenoxy) is 2. The van der Waals surface area contributed by atoms with E-state index >= 15 is 0 Å². The Labute approximate surface area is 175 Å². The predicted octanol–water partition coefficient (Wildman–Crippen LogP) is 5.50. The summed E-state index contributed by atoms with van der Waals surface area (Å²) in [5, 5.41) is 13.7. The van der Waals surface area contributed by atoms with Crippen LogP contribution >= 0.6 is 34.5 Å². The molecular formula is C19H16Cl2N2O4S. The van der Waals surface area contributed by atoms with Crippen LogP contribution in [0.3, 0.4) is 0 Å². The predicted molar refractivity (Wildman–Crippen MR) is 112 cm³/mol. The standard InChI is InChI=1S/C19H16Cl2N2O4S/c1-26-10-6-7-11(14(8-10)27-2)18-15(9-16(24)25)28-19(23-18)22-13-5-3-4-12(20)17(13)21/h3-8H,9H2,1-2H3,(H,22,23)(H,24,25). The Hall–Kier alpha value is -2.48. The fraction of sp³-hybridized carbons (Fsp3) is 0.158. The summed E-state index contributed by atoms with van der Waals surface area (Å²) in [5.41, 5.74) is 1.77. The maximum absolute atomic E-state index is 11.3. The van der Waals surface area contributed by atoms with Gasteiger partial charge in [0.05, 0.1) is 42.1 Å². The van der Waals surface area contributed by atoms with Gasteiger partial charge in [0.25, 0.3) is 0 Å². The summed E-state index contributed by atoms with van der Waals surface area (Å²) in [4.78, 5) is 16.5. The zero-order chi connectivity index (χ0) is 20.3. The first-order valence-electron chi connectivity index (χ1n) is 8.08. The quantitative estimate of drug-likeness (QED) is 0.506. The van der Waals surface area contributed by atoms with Crippen LogP contribution in [-0.2, 0) is 11.2 Å². The third-order valence-corrected chi connectivity index (χ3v) is 5.66. The van der Waals surface area contributed by atoms with Gasteiger partial charge in [-0.3, -0.25) is 4.79 Å². The molecular weight excluding hydrogens is 423 g/mol. The monoisotopic (exact) mass is 438 g/mol. The molecule has 3 rings (SSSR count). The van der Waals surface area contributed by atoms with Crippen LogP contribution in [0.2, 0.25) is 10.0 Å². The summed E-state index contributed by atoms with van der Waals surface area (Å²) >= 11 is 13.5. The van der Waals surface area contributed by atoms with Crippen molar-refractivity contribution in [2.24, 2.45) is 0 Å². The number of carbonyl (C=O) groups is 1. The SMILES string of the molecule is COc1ccc(-c2nc(Nc3cccc(Cl)c3Cl)sc2CC(=O)O)c(OC)c1. The molecule has 146 valence electrons. The lowest BCUT2D eigenvalue weighted by molar-refractivity contribution is -0.136. The molecule has 2 N–H and O–H groups in total. The van der Waals surface area contributed by atoms with Gasteiger partial charge in [0, 0.05) is 16.5 Å². The Morgan fingerprint density at radius 1 is 1.21 bits per heavy atom. The molecule has 1 aromatic heterocycles. The second kappa shape index (κ2) is 8.68. The third-order valence-electron chi connectivity index (χ3n) is 3.87. The first-order chi connectivity index (χ1) is 13.4. The number of anilines is 2. The second-order valence-electron chi connectivity index (χ2n) is 5.65. The van der Waals surface area contributed by atoms with E-state index < -0.39 is 5.97 Å². The smallest absolute Gasteiger partial charge is 0.308 e. The molecule has 9 heteroatoms. The van der Waals surface area contributed by atoms with Gasteiger partial charge in [-0.25, -0.2) is 4.98 Å². The lowest BCUT2D eigenvalue weighted by Crippen LogP contribution is -2.00. The highest BCUT2D eigenvalue weighted by atomic mass is 35.5. The molecule has 1 heterocycles. The van der Waals surface area contributed by atoms with Crippen molar-refractivity contribution in [1.29, 1.82) is 0 Å². The van der Waals surface area contributed by atoms with Crippen molar-refractivity contribution < 1.29 is 19.4 Å². The number of carboxylic acids is 1. The van der Waals surface area contributed by atoms with Gasteiger partial charge in [-0.15, -0.1) is 11.3 Å². The van der Waals surface area contributed by atoms with Gasteiger partial charge in [0.2, 0.25) is 0 Å². The number of nitrogens with zero attached hydrogens (tertiary/aromatic N) is 1. The lowest BCUT2D eigenvalue weighted by atomic mass is 10.1. The first kappa shape index (κ1) is 20.3. The normalized spacial score (nSPS) is 10.6. The van der Waals surface area contributed by atoms with Crippen molar-refractivity contribution >= 4 is 51.3 Å². The Morgan fingerprint density at radius 2 is 2.00 bits per heavy atom. The van der Waals surface area contributed by atoms with E-state index in [9.17, 15) is 9.90 Å². The molecule has 28 heavy (non-hydrogen) atoms. The maximum Gasteiger partial charge on any atom is 0.308 e. The van der Waals surface area contributed by atoms with Gasteiger partial charge >= 0.3 is 5.97 Å². The van der Waals surface area contributed by atoms with E-state index in [1.807, 2.05) is 0 Å². The van der Waals surface area contributed by atoms with E-state index in [1.165, 1.54) is 18.4 Å². The van der Waals surface area contributed by atoms with Crippen molar-refractivity contribution in [3.05, 3.63) is 51.3 Å². The number of halogens is 2. The number of hydrogen-bond donors (Lipinski definition) is 2. The fourth-order valence-electron chi connectivity index (χ4n) is 2.58. The Balaban J connectivity index is 2.06. The second-order valence-corrected chi connectivity index (χ2v) is 7.52. The average Bonchev–Trinajstić information content (AvgIpc) is 3.06. The average molecular weight is 439 g/mol. The van der Waals surface area contributed by atoms with E-state index in [0.717, 1.165) is 0 Å². The summed E-state index contributed by atoms with van der Waals surface area (Å²) in [6, 6.07) is 10.5. The molecule has 0 aliphatic rings. The minimum absolute atomic E-state index is 0.173. The number of thiazole rings is 1. The topological polar surface area (TPSA) is 80.7 Å². The number of hydrogen-bond acceptors (Lipinski definition) is 6. The number of rotatable bonds is 7. The summed E-state index contributed by atoms with van der Waals surface area (Å²) in [6.07, 6.45) is -0.173. The Bertz CT molecular complexity index is 1020. The molecule has 0 saturated heterocycles. The molecule has 0 radical (unpaired) electrons. The summed E-state index contributed by atoms with van der Waals surface area (Å²) in [6.45, 7) is 0. The number of benzene rings is 2. The van der Waals surface area contributed by atoms with Crippen LogP contribution in [0.25, 0.3) is 11.3 Å². The van der Waals surface area contributed by atoms with Crippen LogP contribution in [0.1, 0.15) is 4.88 Å². The van der Waals surface area contributed by atoms with Crippen LogP contribution < -0.4 is 14.8 Å². The molecule has 0 aliphatic carbocycles.